The van der Waals surface area contributed by atoms with E-state index in [1.165, 1.54) is 5.56 Å². The lowest BCUT2D eigenvalue weighted by molar-refractivity contribution is 0.636. The first-order chi connectivity index (χ1) is 9.69. The summed E-state index contributed by atoms with van der Waals surface area (Å²) < 4.78 is 1.93. The zero-order chi connectivity index (χ0) is 14.4. The Balaban J connectivity index is 1.90. The Morgan fingerprint density at radius 2 is 2.00 bits per heavy atom. The van der Waals surface area contributed by atoms with Crippen molar-refractivity contribution in [2.75, 3.05) is 23.7 Å². The fourth-order valence-corrected chi connectivity index (χ4v) is 1.82. The minimum absolute atomic E-state index is 0.676. The molecular formula is C14H22N6. The van der Waals surface area contributed by atoms with Crippen LogP contribution in [0.1, 0.15) is 24.5 Å². The lowest BCUT2D eigenvalue weighted by Crippen LogP contribution is -2.14. The highest BCUT2D eigenvalue weighted by atomic mass is 15.3. The summed E-state index contributed by atoms with van der Waals surface area (Å²) in [6.45, 7) is 8.64. The lowest BCUT2D eigenvalue weighted by Gasteiger charge is -2.10. The number of aromatic nitrogens is 4. The number of rotatable bonds is 7. The lowest BCUT2D eigenvalue weighted by atomic mass is 10.3. The molecule has 108 valence electrons. The number of aryl methyl sites for hydroxylation is 2. The Labute approximate surface area is 119 Å². The number of hydrogen-bond donors (Lipinski definition) is 2. The second kappa shape index (κ2) is 6.88. The maximum Gasteiger partial charge on any atom is 0.224 e. The molecule has 0 aliphatic rings. The maximum absolute atomic E-state index is 4.48. The molecule has 6 nitrogen and oxygen atoms in total. The van der Waals surface area contributed by atoms with Gasteiger partial charge in [-0.05, 0) is 25.8 Å². The zero-order valence-corrected chi connectivity index (χ0v) is 12.3. The van der Waals surface area contributed by atoms with Crippen LogP contribution < -0.4 is 10.6 Å². The van der Waals surface area contributed by atoms with E-state index in [4.69, 9.17) is 0 Å². The van der Waals surface area contributed by atoms with Crippen LogP contribution in [0.4, 0.5) is 11.8 Å². The van der Waals surface area contributed by atoms with Crippen molar-refractivity contribution in [2.24, 2.45) is 0 Å². The van der Waals surface area contributed by atoms with Crippen LogP contribution in [-0.4, -0.2) is 32.8 Å². The van der Waals surface area contributed by atoms with Crippen LogP contribution in [0.25, 0.3) is 0 Å². The van der Waals surface area contributed by atoms with Gasteiger partial charge in [-0.25, -0.2) is 4.98 Å². The van der Waals surface area contributed by atoms with E-state index in [0.29, 0.717) is 5.95 Å². The van der Waals surface area contributed by atoms with E-state index in [0.717, 1.165) is 37.4 Å². The highest BCUT2D eigenvalue weighted by Gasteiger charge is 2.03. The average molecular weight is 274 g/mol. The molecule has 0 unspecified atom stereocenters. The van der Waals surface area contributed by atoms with Crippen molar-refractivity contribution in [2.45, 2.75) is 33.7 Å². The molecule has 20 heavy (non-hydrogen) atoms. The Morgan fingerprint density at radius 1 is 1.15 bits per heavy atom. The minimum atomic E-state index is 0.676. The molecule has 0 aromatic carbocycles. The van der Waals surface area contributed by atoms with Gasteiger partial charge in [0.05, 0.1) is 12.7 Å². The predicted octanol–water partition coefficient (Wildman–Crippen LogP) is 2.22. The van der Waals surface area contributed by atoms with Crippen molar-refractivity contribution in [1.82, 2.24) is 19.7 Å². The maximum atomic E-state index is 4.48. The van der Waals surface area contributed by atoms with Crippen LogP contribution in [0.3, 0.4) is 0 Å². The second-order valence-electron chi connectivity index (χ2n) is 4.86. The number of hydrogen-bond acceptors (Lipinski definition) is 5. The molecule has 2 N–H and O–H groups in total. The summed E-state index contributed by atoms with van der Waals surface area (Å²) in [4.78, 5) is 8.75. The van der Waals surface area contributed by atoms with Crippen molar-refractivity contribution in [1.29, 1.82) is 0 Å². The van der Waals surface area contributed by atoms with Gasteiger partial charge in [-0.15, -0.1) is 0 Å². The average Bonchev–Trinajstić information content (AvgIpc) is 2.85. The summed E-state index contributed by atoms with van der Waals surface area (Å²) in [5.74, 6) is 1.55. The molecule has 0 saturated carbocycles. The molecule has 2 heterocycles. The van der Waals surface area contributed by atoms with E-state index in [-0.39, 0.29) is 0 Å². The Hall–Kier alpha value is -2.11. The van der Waals surface area contributed by atoms with Crippen LogP contribution in [0.15, 0.2) is 18.6 Å². The minimum Gasteiger partial charge on any atom is -0.368 e. The quantitative estimate of drug-likeness (QED) is 0.810. The molecule has 0 aliphatic carbocycles. The summed E-state index contributed by atoms with van der Waals surface area (Å²) in [7, 11) is 0. The molecule has 2 aromatic rings. The molecule has 0 amide bonds. The number of nitrogens with zero attached hydrogens (tertiary/aromatic N) is 4. The SMILES string of the molecule is CCCNc1ncc(C)c(NCCn2cc(C)cn2)n1. The van der Waals surface area contributed by atoms with E-state index in [1.807, 2.05) is 37.1 Å². The molecule has 2 rings (SSSR count). The van der Waals surface area contributed by atoms with E-state index in [9.17, 15) is 0 Å². The molecule has 0 aliphatic heterocycles. The van der Waals surface area contributed by atoms with Crippen LogP contribution >= 0.6 is 0 Å². The number of nitrogens with one attached hydrogen (secondary N) is 2. The second-order valence-corrected chi connectivity index (χ2v) is 4.86. The third kappa shape index (κ3) is 3.94. The topological polar surface area (TPSA) is 67.7 Å². The van der Waals surface area contributed by atoms with Crippen molar-refractivity contribution >= 4 is 11.8 Å². The van der Waals surface area contributed by atoms with Gasteiger partial charge in [0.1, 0.15) is 5.82 Å². The van der Waals surface area contributed by atoms with Crippen LogP contribution in [0.2, 0.25) is 0 Å². The summed E-state index contributed by atoms with van der Waals surface area (Å²) in [5, 5.41) is 10.8. The highest BCUT2D eigenvalue weighted by molar-refractivity contribution is 5.46. The van der Waals surface area contributed by atoms with Gasteiger partial charge in [0, 0.05) is 31.0 Å². The van der Waals surface area contributed by atoms with E-state index < -0.39 is 0 Å². The molecule has 0 fully saturated rings. The monoisotopic (exact) mass is 274 g/mol. The smallest absolute Gasteiger partial charge is 0.224 e. The summed E-state index contributed by atoms with van der Waals surface area (Å²) >= 11 is 0. The Bertz CT molecular complexity index is 548. The van der Waals surface area contributed by atoms with E-state index in [1.54, 1.807) is 0 Å². The molecule has 0 atom stereocenters. The molecule has 0 bridgehead atoms. The van der Waals surface area contributed by atoms with Crippen molar-refractivity contribution in [3.63, 3.8) is 0 Å². The highest BCUT2D eigenvalue weighted by Crippen LogP contribution is 2.12. The first-order valence-corrected chi connectivity index (χ1v) is 6.99. The molecule has 2 aromatic heterocycles. The third-order valence-electron chi connectivity index (χ3n) is 2.90. The zero-order valence-electron chi connectivity index (χ0n) is 12.3. The fourth-order valence-electron chi connectivity index (χ4n) is 1.82. The van der Waals surface area contributed by atoms with E-state index >= 15 is 0 Å². The van der Waals surface area contributed by atoms with Gasteiger partial charge in [-0.1, -0.05) is 6.92 Å². The molecule has 0 saturated heterocycles. The summed E-state index contributed by atoms with van der Waals surface area (Å²) in [5.41, 5.74) is 2.22. The fraction of sp³-hybridized carbons (Fsp3) is 0.500. The van der Waals surface area contributed by atoms with E-state index in [2.05, 4.69) is 32.6 Å². The molecule has 0 spiro atoms. The van der Waals surface area contributed by atoms with Gasteiger partial charge >= 0.3 is 0 Å². The van der Waals surface area contributed by atoms with Gasteiger partial charge in [0.25, 0.3) is 0 Å². The first kappa shape index (κ1) is 14.3. The summed E-state index contributed by atoms with van der Waals surface area (Å²) in [6, 6.07) is 0. The van der Waals surface area contributed by atoms with Crippen molar-refractivity contribution in [3.8, 4) is 0 Å². The molecule has 0 radical (unpaired) electrons. The standard InChI is InChI=1S/C14H22N6/c1-4-5-16-14-17-9-12(3)13(19-14)15-6-7-20-10-11(2)8-18-20/h8-10H,4-7H2,1-3H3,(H2,15,16,17,19). The first-order valence-electron chi connectivity index (χ1n) is 6.99. The van der Waals surface area contributed by atoms with Gasteiger partial charge in [0.15, 0.2) is 0 Å². The largest absolute Gasteiger partial charge is 0.368 e. The normalized spacial score (nSPS) is 10.6. The van der Waals surface area contributed by atoms with Gasteiger partial charge < -0.3 is 10.6 Å². The van der Waals surface area contributed by atoms with Gasteiger partial charge in [-0.3, -0.25) is 4.68 Å². The third-order valence-corrected chi connectivity index (χ3v) is 2.90. The van der Waals surface area contributed by atoms with Crippen molar-refractivity contribution in [3.05, 3.63) is 29.7 Å². The van der Waals surface area contributed by atoms with Crippen LogP contribution in [-0.2, 0) is 6.54 Å². The molecular weight excluding hydrogens is 252 g/mol. The summed E-state index contributed by atoms with van der Waals surface area (Å²) in [6.07, 6.45) is 6.79. The van der Waals surface area contributed by atoms with Gasteiger partial charge in [0.2, 0.25) is 5.95 Å². The van der Waals surface area contributed by atoms with Crippen molar-refractivity contribution < 1.29 is 0 Å². The molecule has 6 heteroatoms. The van der Waals surface area contributed by atoms with Crippen LogP contribution in [0.5, 0.6) is 0 Å². The Kier molecular flexibility index (Phi) is 4.92. The van der Waals surface area contributed by atoms with Crippen LogP contribution in [0, 0.1) is 13.8 Å². The number of anilines is 2. The predicted molar refractivity (Wildman–Crippen MR) is 81.0 cm³/mol. The Morgan fingerprint density at radius 3 is 2.70 bits per heavy atom. The van der Waals surface area contributed by atoms with Gasteiger partial charge in [-0.2, -0.15) is 10.1 Å².